The van der Waals surface area contributed by atoms with Crippen LogP contribution in [0, 0.1) is 0 Å². The molecule has 1 aromatic carbocycles. The molecule has 0 aromatic heterocycles. The summed E-state index contributed by atoms with van der Waals surface area (Å²) in [6, 6.07) is 3.45. The van der Waals surface area contributed by atoms with E-state index in [1.165, 1.54) is 0 Å². The van der Waals surface area contributed by atoms with E-state index in [9.17, 15) is 35.9 Å². The van der Waals surface area contributed by atoms with Gasteiger partial charge in [-0.15, -0.1) is 0 Å². The normalized spacial score (nSPS) is 19.0. The Hall–Kier alpha value is -1.55. The van der Waals surface area contributed by atoms with Crippen LogP contribution in [0.25, 0.3) is 5.53 Å². The number of sulfone groups is 1. The quantitative estimate of drug-likeness (QED) is 0.278. The fourth-order valence-corrected chi connectivity index (χ4v) is 6.13. The molecule has 1 aliphatic carbocycles. The SMILES string of the molecule is [N-]=[N+]=C(C1(S(=O)O)CCCCC1)S(=O)(=O)c1ccccc1C(F)(F)F. The van der Waals surface area contributed by atoms with Gasteiger partial charge in [0, 0.05) is 0 Å². The van der Waals surface area contributed by atoms with Gasteiger partial charge >= 0.3 is 11.2 Å². The van der Waals surface area contributed by atoms with Gasteiger partial charge in [0.15, 0.2) is 15.8 Å². The van der Waals surface area contributed by atoms with E-state index in [4.69, 9.17) is 0 Å². The Morgan fingerprint density at radius 3 is 2.24 bits per heavy atom. The molecule has 25 heavy (non-hydrogen) atoms. The molecule has 6 nitrogen and oxygen atoms in total. The summed E-state index contributed by atoms with van der Waals surface area (Å²) < 4.78 is 84.7. The van der Waals surface area contributed by atoms with Crippen LogP contribution in [-0.4, -0.2) is 31.8 Å². The minimum Gasteiger partial charge on any atom is -0.360 e. The van der Waals surface area contributed by atoms with E-state index in [1.54, 1.807) is 0 Å². The average molecular weight is 396 g/mol. The Bertz CT molecular complexity index is 840. The fourth-order valence-electron chi connectivity index (χ4n) is 3.02. The summed E-state index contributed by atoms with van der Waals surface area (Å²) in [5.74, 6) is 0. The minimum absolute atomic E-state index is 0.0804. The molecule has 1 unspecified atom stereocenters. The van der Waals surface area contributed by atoms with Crippen molar-refractivity contribution >= 4 is 26.0 Å². The Labute approximate surface area is 144 Å². The van der Waals surface area contributed by atoms with Crippen molar-refractivity contribution in [2.45, 2.75) is 47.9 Å². The van der Waals surface area contributed by atoms with E-state index in [0.29, 0.717) is 25.3 Å². The highest BCUT2D eigenvalue weighted by atomic mass is 32.2. The van der Waals surface area contributed by atoms with Crippen LogP contribution in [0.1, 0.15) is 37.7 Å². The molecule has 2 rings (SSSR count). The summed E-state index contributed by atoms with van der Waals surface area (Å²) in [5.41, 5.74) is 7.84. The van der Waals surface area contributed by atoms with E-state index in [1.807, 2.05) is 0 Å². The number of hydrogen-bond donors (Lipinski definition) is 1. The van der Waals surface area contributed by atoms with Gasteiger partial charge in [-0.25, -0.2) is 12.6 Å². The second-order valence-corrected chi connectivity index (χ2v) is 8.82. The zero-order valence-electron chi connectivity index (χ0n) is 12.9. The first-order valence-electron chi connectivity index (χ1n) is 7.32. The molecule has 0 amide bonds. The monoisotopic (exact) mass is 396 g/mol. The predicted octanol–water partition coefficient (Wildman–Crippen LogP) is 3.03. The highest BCUT2D eigenvalue weighted by Crippen LogP contribution is 2.40. The van der Waals surface area contributed by atoms with Gasteiger partial charge in [-0.3, -0.25) is 0 Å². The third-order valence-corrected chi connectivity index (χ3v) is 7.53. The van der Waals surface area contributed by atoms with Crippen LogP contribution in [0.2, 0.25) is 0 Å². The van der Waals surface area contributed by atoms with E-state index < -0.39 is 47.3 Å². The predicted molar refractivity (Wildman–Crippen MR) is 83.8 cm³/mol. The van der Waals surface area contributed by atoms with Crippen LogP contribution in [0.3, 0.4) is 0 Å². The van der Waals surface area contributed by atoms with Gasteiger partial charge in [0.1, 0.15) is 0 Å². The third kappa shape index (κ3) is 3.55. The van der Waals surface area contributed by atoms with E-state index in [0.717, 1.165) is 18.2 Å². The molecular weight excluding hydrogens is 381 g/mol. The third-order valence-electron chi connectivity index (χ3n) is 4.21. The van der Waals surface area contributed by atoms with Crippen LogP contribution >= 0.6 is 0 Å². The molecular formula is C14H15F3N2O4S2. The van der Waals surface area contributed by atoms with Crippen molar-refractivity contribution < 1.29 is 35.1 Å². The topological polar surface area (TPSA) is 108 Å². The Balaban J connectivity index is 2.70. The maximum atomic E-state index is 13.2. The molecule has 1 saturated carbocycles. The first-order chi connectivity index (χ1) is 11.6. The van der Waals surface area contributed by atoms with Gasteiger partial charge in [-0.1, -0.05) is 31.4 Å². The van der Waals surface area contributed by atoms with Crippen molar-refractivity contribution in [2.24, 2.45) is 0 Å². The van der Waals surface area contributed by atoms with Crippen molar-refractivity contribution in [3.05, 3.63) is 35.4 Å². The van der Waals surface area contributed by atoms with Gasteiger partial charge in [-0.2, -0.15) is 18.0 Å². The molecule has 1 aromatic rings. The molecule has 1 N–H and O–H groups in total. The lowest BCUT2D eigenvalue weighted by Crippen LogP contribution is -2.49. The maximum Gasteiger partial charge on any atom is 0.417 e. The number of benzene rings is 1. The number of alkyl halides is 3. The molecule has 0 saturated heterocycles. The average Bonchev–Trinajstić information content (AvgIpc) is 2.55. The smallest absolute Gasteiger partial charge is 0.360 e. The van der Waals surface area contributed by atoms with Crippen LogP contribution in [0.15, 0.2) is 29.2 Å². The number of halogens is 3. The van der Waals surface area contributed by atoms with Gasteiger partial charge in [0.05, 0.1) is 10.5 Å². The molecule has 11 heteroatoms. The molecule has 1 atom stereocenters. The lowest BCUT2D eigenvalue weighted by Gasteiger charge is -2.29. The highest BCUT2D eigenvalue weighted by molar-refractivity contribution is 8.08. The van der Waals surface area contributed by atoms with Gasteiger partial charge in [0.2, 0.25) is 0 Å². The number of rotatable bonds is 3. The molecule has 0 heterocycles. The van der Waals surface area contributed by atoms with E-state index in [2.05, 4.69) is 4.79 Å². The largest absolute Gasteiger partial charge is 0.417 e. The van der Waals surface area contributed by atoms with Crippen molar-refractivity contribution in [3.63, 3.8) is 0 Å². The second kappa shape index (κ2) is 6.99. The standard InChI is InChI=1S/C14H15F3N2O4S2/c15-14(16,17)10-6-2-3-7-11(10)25(22,23)12(19-18)13(24(20)21)8-4-1-5-9-13/h2-3,6-7H,1,4-5,8-9H2,(H,20,21). The van der Waals surface area contributed by atoms with E-state index >= 15 is 0 Å². The van der Waals surface area contributed by atoms with Crippen LogP contribution < -0.4 is 0 Å². The van der Waals surface area contributed by atoms with Gasteiger partial charge < -0.3 is 10.1 Å². The summed E-state index contributed by atoms with van der Waals surface area (Å²) in [7, 11) is -4.94. The zero-order chi connectivity index (χ0) is 18.9. The molecule has 0 radical (unpaired) electrons. The minimum atomic E-state index is -4.96. The fraction of sp³-hybridized carbons (Fsp3) is 0.500. The summed E-state index contributed by atoms with van der Waals surface area (Å²) >= 11 is -2.74. The van der Waals surface area contributed by atoms with Crippen molar-refractivity contribution in [1.82, 2.24) is 0 Å². The molecule has 138 valence electrons. The number of hydrogen-bond acceptors (Lipinski definition) is 3. The molecule has 1 fully saturated rings. The molecule has 1 aliphatic rings. The Kier molecular flexibility index (Phi) is 5.53. The Morgan fingerprint density at radius 1 is 1.20 bits per heavy atom. The lowest BCUT2D eigenvalue weighted by atomic mass is 9.89. The van der Waals surface area contributed by atoms with Gasteiger partial charge in [0.25, 0.3) is 9.84 Å². The maximum absolute atomic E-state index is 13.2. The summed E-state index contributed by atoms with van der Waals surface area (Å²) in [6.45, 7) is 0. The van der Waals surface area contributed by atoms with Crippen LogP contribution in [0.4, 0.5) is 13.2 Å². The molecule has 0 bridgehead atoms. The summed E-state index contributed by atoms with van der Waals surface area (Å²) in [6.07, 6.45) is -3.66. The second-order valence-electron chi connectivity index (χ2n) is 5.71. The lowest BCUT2D eigenvalue weighted by molar-refractivity contribution is -0.139. The summed E-state index contributed by atoms with van der Waals surface area (Å²) in [5, 5.41) is -1.10. The highest BCUT2D eigenvalue weighted by Gasteiger charge is 2.57. The van der Waals surface area contributed by atoms with E-state index in [-0.39, 0.29) is 12.8 Å². The van der Waals surface area contributed by atoms with Crippen LogP contribution in [-0.2, 0) is 27.1 Å². The first kappa shape index (κ1) is 19.8. The number of nitrogens with zero attached hydrogens (tertiary/aromatic N) is 2. The Morgan fingerprint density at radius 2 is 1.76 bits per heavy atom. The van der Waals surface area contributed by atoms with Crippen molar-refractivity contribution in [2.75, 3.05) is 0 Å². The zero-order valence-corrected chi connectivity index (χ0v) is 14.5. The first-order valence-corrected chi connectivity index (χ1v) is 9.91. The van der Waals surface area contributed by atoms with Gasteiger partial charge in [-0.05, 0) is 25.0 Å². The van der Waals surface area contributed by atoms with Crippen molar-refractivity contribution in [3.8, 4) is 0 Å². The van der Waals surface area contributed by atoms with Crippen molar-refractivity contribution in [1.29, 1.82) is 0 Å². The van der Waals surface area contributed by atoms with Crippen LogP contribution in [0.5, 0.6) is 0 Å². The molecule has 0 spiro atoms. The molecule has 0 aliphatic heterocycles. The summed E-state index contributed by atoms with van der Waals surface area (Å²) in [4.78, 5) is 1.58.